The van der Waals surface area contributed by atoms with Crippen molar-refractivity contribution in [1.29, 1.82) is 0 Å². The second-order valence-electron chi connectivity index (χ2n) is 9.79. The summed E-state index contributed by atoms with van der Waals surface area (Å²) in [7, 11) is 0. The van der Waals surface area contributed by atoms with Crippen LogP contribution in [0.3, 0.4) is 0 Å². The first-order valence-corrected chi connectivity index (χ1v) is 12.3. The third-order valence-electron chi connectivity index (χ3n) is 6.72. The number of hydrogen-bond donors (Lipinski definition) is 2. The van der Waals surface area contributed by atoms with Crippen molar-refractivity contribution >= 4 is 29.6 Å². The van der Waals surface area contributed by atoms with Gasteiger partial charge in [-0.15, -0.1) is 0 Å². The number of pyridine rings is 1. The number of rotatable bonds is 2. The fourth-order valence-corrected chi connectivity index (χ4v) is 5.53. The van der Waals surface area contributed by atoms with Gasteiger partial charge in [0, 0.05) is 35.1 Å². The Labute approximate surface area is 202 Å². The Bertz CT molecular complexity index is 1290. The number of hydrogen-bond acceptors (Lipinski definition) is 7. The maximum atomic E-state index is 11.5. The van der Waals surface area contributed by atoms with Crippen LogP contribution in [0.15, 0.2) is 41.7 Å². The molecule has 3 aromatic rings. The highest BCUT2D eigenvalue weighted by Crippen LogP contribution is 2.39. The van der Waals surface area contributed by atoms with Crippen LogP contribution in [0.4, 0.5) is 16.4 Å². The van der Waals surface area contributed by atoms with Crippen molar-refractivity contribution in [2.24, 2.45) is 5.41 Å². The van der Waals surface area contributed by atoms with Crippen molar-refractivity contribution in [3.05, 3.63) is 53.6 Å². The number of urea groups is 1. The van der Waals surface area contributed by atoms with E-state index in [4.69, 9.17) is 9.72 Å². The minimum Gasteiger partial charge on any atom is -0.491 e. The summed E-state index contributed by atoms with van der Waals surface area (Å²) < 4.78 is 8.83. The maximum Gasteiger partial charge on any atom is 0.330 e. The van der Waals surface area contributed by atoms with Crippen LogP contribution in [0.5, 0.6) is 5.75 Å². The number of carbonyl (C=O) groups excluding carboxylic acids is 1. The van der Waals surface area contributed by atoms with Gasteiger partial charge in [0.15, 0.2) is 0 Å². The zero-order valence-corrected chi connectivity index (χ0v) is 20.0. The van der Waals surface area contributed by atoms with Crippen LogP contribution in [0.1, 0.15) is 37.1 Å². The summed E-state index contributed by atoms with van der Waals surface area (Å²) in [5, 5.41) is 2.73. The number of fused-ring (bicyclic) bond motifs is 3. The number of benzene rings is 1. The van der Waals surface area contributed by atoms with Crippen molar-refractivity contribution in [2.75, 3.05) is 23.4 Å². The first-order chi connectivity index (χ1) is 16.4. The van der Waals surface area contributed by atoms with Gasteiger partial charge in [0.1, 0.15) is 30.3 Å². The Kier molecular flexibility index (Phi) is 5.09. The van der Waals surface area contributed by atoms with E-state index < -0.39 is 0 Å². The number of aromatic nitrogens is 3. The Morgan fingerprint density at radius 1 is 1.15 bits per heavy atom. The van der Waals surface area contributed by atoms with E-state index >= 15 is 0 Å². The molecule has 2 aromatic heterocycles. The lowest BCUT2D eigenvalue weighted by molar-refractivity contribution is 0.257. The van der Waals surface area contributed by atoms with E-state index in [9.17, 15) is 4.79 Å². The molecule has 34 heavy (non-hydrogen) atoms. The van der Waals surface area contributed by atoms with Crippen LogP contribution in [0.25, 0.3) is 11.1 Å². The predicted molar refractivity (Wildman–Crippen MR) is 132 cm³/mol. The number of amides is 2. The smallest absolute Gasteiger partial charge is 0.330 e. The molecule has 0 saturated heterocycles. The van der Waals surface area contributed by atoms with Gasteiger partial charge in [-0.1, -0.05) is 19.9 Å². The summed E-state index contributed by atoms with van der Waals surface area (Å²) >= 11 is 1.28. The highest BCUT2D eigenvalue weighted by Gasteiger charge is 2.30. The van der Waals surface area contributed by atoms with E-state index in [-0.39, 0.29) is 11.4 Å². The molecule has 174 valence electrons. The Balaban J connectivity index is 1.33. The van der Waals surface area contributed by atoms with E-state index in [1.54, 1.807) is 12.5 Å². The normalized spacial score (nSPS) is 18.4. The van der Waals surface area contributed by atoms with Crippen LogP contribution in [-0.4, -0.2) is 34.1 Å². The molecule has 0 atom stereocenters. The molecule has 1 aromatic carbocycles. The average Bonchev–Trinajstić information content (AvgIpc) is 3.04. The molecule has 0 fully saturated rings. The zero-order chi connectivity index (χ0) is 23.3. The molecule has 9 heteroatoms. The first kappa shape index (κ1) is 21.2. The summed E-state index contributed by atoms with van der Waals surface area (Å²) in [6.07, 6.45) is 6.65. The number of nitrogens with one attached hydrogen (secondary N) is 2. The van der Waals surface area contributed by atoms with E-state index in [0.29, 0.717) is 12.4 Å². The third-order valence-corrected chi connectivity index (χ3v) is 7.54. The van der Waals surface area contributed by atoms with Crippen LogP contribution in [-0.2, 0) is 19.4 Å². The largest absolute Gasteiger partial charge is 0.491 e. The zero-order valence-electron chi connectivity index (χ0n) is 19.2. The van der Waals surface area contributed by atoms with Crippen molar-refractivity contribution in [2.45, 2.75) is 44.6 Å². The lowest BCUT2D eigenvalue weighted by Gasteiger charge is -2.33. The summed E-state index contributed by atoms with van der Waals surface area (Å²) in [5.74, 6) is 2.52. The fraction of sp³-hybridized carbons (Fsp3) is 0.360. The van der Waals surface area contributed by atoms with Crippen LogP contribution < -0.4 is 19.7 Å². The number of aryl methyl sites for hydroxylation is 1. The minimum atomic E-state index is -0.254. The molecule has 0 unspecified atom stereocenters. The van der Waals surface area contributed by atoms with Gasteiger partial charge in [0.2, 0.25) is 0 Å². The Morgan fingerprint density at radius 2 is 2.06 bits per heavy atom. The van der Waals surface area contributed by atoms with E-state index in [2.05, 4.69) is 50.9 Å². The lowest BCUT2D eigenvalue weighted by Crippen LogP contribution is -2.31. The van der Waals surface area contributed by atoms with Gasteiger partial charge < -0.3 is 9.64 Å². The molecule has 0 radical (unpaired) electrons. The van der Waals surface area contributed by atoms with E-state index in [1.807, 2.05) is 12.1 Å². The second kappa shape index (κ2) is 8.16. The molecule has 0 spiro atoms. The van der Waals surface area contributed by atoms with Gasteiger partial charge in [-0.05, 0) is 60.4 Å². The first-order valence-electron chi connectivity index (χ1n) is 11.5. The molecule has 2 aliphatic heterocycles. The quantitative estimate of drug-likeness (QED) is 0.525. The highest BCUT2D eigenvalue weighted by atomic mass is 32.2. The van der Waals surface area contributed by atoms with Crippen molar-refractivity contribution in [3.63, 3.8) is 0 Å². The standard InChI is InChI=1S/C25H26N6O2S/c1-25(2)6-5-19-18(11-25)23(28-14-27-19)31-7-8-33-20-4-3-15(9-17(20)13-31)16-10-21-22(26-12-16)29-24(32)30-34-21/h3-4,9-10,12,14H,5-8,11,13H2,1-2H3,(H2,26,29,30,32). The topological polar surface area (TPSA) is 92.3 Å². The van der Waals surface area contributed by atoms with Gasteiger partial charge in [-0.25, -0.2) is 19.7 Å². The minimum absolute atomic E-state index is 0.254. The van der Waals surface area contributed by atoms with Gasteiger partial charge in [-0.3, -0.25) is 10.0 Å². The second-order valence-corrected chi connectivity index (χ2v) is 10.6. The number of nitrogens with zero attached hydrogens (tertiary/aromatic N) is 4. The SMILES string of the molecule is CC1(C)CCc2ncnc(N3CCOc4ccc(-c5cnc6c(c5)SNC(=O)N6)cc4C3)c2C1. The van der Waals surface area contributed by atoms with E-state index in [0.717, 1.165) is 65.5 Å². The fourth-order valence-electron chi connectivity index (χ4n) is 4.89. The van der Waals surface area contributed by atoms with Crippen molar-refractivity contribution < 1.29 is 9.53 Å². The van der Waals surface area contributed by atoms with Crippen LogP contribution >= 0.6 is 11.9 Å². The van der Waals surface area contributed by atoms with Crippen LogP contribution in [0, 0.1) is 5.41 Å². The third kappa shape index (κ3) is 3.94. The van der Waals surface area contributed by atoms with Gasteiger partial charge in [0.25, 0.3) is 0 Å². The van der Waals surface area contributed by atoms with Crippen molar-refractivity contribution in [3.8, 4) is 16.9 Å². The van der Waals surface area contributed by atoms with Gasteiger partial charge >= 0.3 is 6.03 Å². The molecule has 0 saturated carbocycles. The summed E-state index contributed by atoms with van der Waals surface area (Å²) in [6.45, 7) is 6.75. The van der Waals surface area contributed by atoms with Crippen LogP contribution in [0.2, 0.25) is 0 Å². The average molecular weight is 475 g/mol. The monoisotopic (exact) mass is 474 g/mol. The predicted octanol–water partition coefficient (Wildman–Crippen LogP) is 4.59. The molecular formula is C25H26N6O2S. The highest BCUT2D eigenvalue weighted by molar-refractivity contribution is 7.98. The number of ether oxygens (including phenoxy) is 1. The number of anilines is 2. The summed E-state index contributed by atoms with van der Waals surface area (Å²) in [5.41, 5.74) is 5.89. The molecular weight excluding hydrogens is 448 g/mol. The van der Waals surface area contributed by atoms with Gasteiger partial charge in [-0.2, -0.15) is 0 Å². The molecule has 2 N–H and O–H groups in total. The van der Waals surface area contributed by atoms with E-state index in [1.165, 1.54) is 23.2 Å². The Hall–Kier alpha value is -3.33. The molecule has 2 amide bonds. The summed E-state index contributed by atoms with van der Waals surface area (Å²) in [6, 6.07) is 8.06. The maximum absolute atomic E-state index is 11.5. The number of carbonyl (C=O) groups is 1. The van der Waals surface area contributed by atoms with Gasteiger partial charge in [0.05, 0.1) is 11.4 Å². The summed E-state index contributed by atoms with van der Waals surface area (Å²) in [4.78, 5) is 28.5. The molecule has 4 heterocycles. The lowest BCUT2D eigenvalue weighted by atomic mass is 9.76. The van der Waals surface area contributed by atoms with Crippen molar-refractivity contribution in [1.82, 2.24) is 19.7 Å². The molecule has 0 bridgehead atoms. The molecule has 8 nitrogen and oxygen atoms in total. The molecule has 1 aliphatic carbocycles. The molecule has 6 rings (SSSR count). The Morgan fingerprint density at radius 3 is 2.97 bits per heavy atom. The molecule has 3 aliphatic rings.